The minimum absolute atomic E-state index is 0.935. The highest BCUT2D eigenvalue weighted by atomic mass is 31.2. The van der Waals surface area contributed by atoms with E-state index >= 15 is 0 Å². The molecule has 0 saturated heterocycles. The summed E-state index contributed by atoms with van der Waals surface area (Å²) in [6, 6.07) is 41.3. The lowest BCUT2D eigenvalue weighted by Crippen LogP contribution is -2.38. The molecule has 5 rings (SSSR count). The van der Waals surface area contributed by atoms with Gasteiger partial charge in [0.2, 0.25) is 0 Å². The van der Waals surface area contributed by atoms with E-state index in [-0.39, 0.29) is 0 Å². The number of rotatable bonds is 4. The van der Waals surface area contributed by atoms with E-state index in [0.29, 0.717) is 0 Å². The van der Waals surface area contributed by atoms with E-state index < -0.39 is 7.26 Å². The van der Waals surface area contributed by atoms with Crippen molar-refractivity contribution >= 4 is 39.4 Å². The lowest BCUT2D eigenvalue weighted by atomic mass is 10.2. The molecule has 0 aliphatic heterocycles. The Morgan fingerprint density at radius 1 is 0.464 bits per heavy atom. The lowest BCUT2D eigenvalue weighted by Gasteiger charge is -2.28. The Bertz CT molecular complexity index is 1100. The Balaban J connectivity index is 1.98. The molecule has 0 atom stereocenters. The van der Waals surface area contributed by atoms with E-state index in [4.69, 9.17) is 4.42 Å². The van der Waals surface area contributed by atoms with Crippen LogP contribution in [0.5, 0.6) is 0 Å². The summed E-state index contributed by atoms with van der Waals surface area (Å²) in [7, 11) is -2.08. The summed E-state index contributed by atoms with van der Waals surface area (Å²) < 4.78 is 5.78. The average Bonchev–Trinajstić information content (AvgIpc) is 3.26. The molecule has 1 nitrogen and oxygen atoms in total. The van der Waals surface area contributed by atoms with Crippen molar-refractivity contribution in [2.45, 2.75) is 0 Å². The van der Waals surface area contributed by atoms with E-state index in [2.05, 4.69) is 115 Å². The van der Waals surface area contributed by atoms with E-state index in [1.165, 1.54) is 26.6 Å². The van der Waals surface area contributed by atoms with Crippen LogP contribution >= 0.6 is 7.26 Å². The van der Waals surface area contributed by atoms with Gasteiger partial charge in [0.05, 0.1) is 11.6 Å². The van der Waals surface area contributed by atoms with Crippen LogP contribution in [0.1, 0.15) is 0 Å². The van der Waals surface area contributed by atoms with Crippen molar-refractivity contribution in [2.24, 2.45) is 0 Å². The van der Waals surface area contributed by atoms with Crippen LogP contribution < -0.4 is 21.2 Å². The van der Waals surface area contributed by atoms with Gasteiger partial charge in [0, 0.05) is 0 Å². The first kappa shape index (κ1) is 17.0. The van der Waals surface area contributed by atoms with Gasteiger partial charge in [-0.2, -0.15) is 0 Å². The van der Waals surface area contributed by atoms with Crippen molar-refractivity contribution in [1.29, 1.82) is 0 Å². The fraction of sp³-hybridized carbons (Fsp3) is 0. The molecule has 4 aromatic carbocycles. The predicted octanol–water partition coefficient (Wildman–Crippen LogP) is 5.05. The Morgan fingerprint density at radius 3 is 1.46 bits per heavy atom. The summed E-state index contributed by atoms with van der Waals surface area (Å²) in [6.07, 6.45) is 1.80. The molecule has 0 unspecified atom stereocenters. The first-order chi connectivity index (χ1) is 13.9. The zero-order chi connectivity index (χ0) is 18.8. The maximum atomic E-state index is 5.78. The minimum Gasteiger partial charge on any atom is -0.464 e. The van der Waals surface area contributed by atoms with Crippen LogP contribution in [-0.2, 0) is 0 Å². The van der Waals surface area contributed by atoms with E-state index in [0.717, 1.165) is 5.58 Å². The third-order valence-electron chi connectivity index (χ3n) is 5.26. The molecule has 0 amide bonds. The highest BCUT2D eigenvalue weighted by Crippen LogP contribution is 2.55. The van der Waals surface area contributed by atoms with E-state index in [1.807, 2.05) is 0 Å². The SMILES string of the molecule is c1ccc([P+](c2ccccc2)(c2ccccc2)c2cccc3occc23)cc1. The molecule has 5 aromatic rings. The first-order valence-electron chi connectivity index (χ1n) is 9.43. The fourth-order valence-electron chi connectivity index (χ4n) is 4.09. The Morgan fingerprint density at radius 2 is 0.964 bits per heavy atom. The van der Waals surface area contributed by atoms with Crippen LogP contribution in [0.4, 0.5) is 0 Å². The molecule has 1 heterocycles. The maximum Gasteiger partial charge on any atom is 0.145 e. The van der Waals surface area contributed by atoms with Crippen LogP contribution in [0, 0.1) is 0 Å². The second-order valence-electron chi connectivity index (χ2n) is 6.79. The van der Waals surface area contributed by atoms with Gasteiger partial charge >= 0.3 is 0 Å². The molecule has 0 radical (unpaired) electrons. The monoisotopic (exact) mass is 379 g/mol. The second-order valence-corrected chi connectivity index (χ2v) is 10.2. The molecule has 0 bridgehead atoms. The van der Waals surface area contributed by atoms with E-state index in [9.17, 15) is 0 Å². The molecule has 0 spiro atoms. The Kier molecular flexibility index (Phi) is 4.31. The van der Waals surface area contributed by atoms with Crippen molar-refractivity contribution in [3.8, 4) is 0 Å². The van der Waals surface area contributed by atoms with Gasteiger partial charge in [0.15, 0.2) is 0 Å². The highest BCUT2D eigenvalue weighted by molar-refractivity contribution is 8.01. The average molecular weight is 379 g/mol. The Labute approximate surface area is 165 Å². The number of hydrogen-bond donors (Lipinski definition) is 0. The van der Waals surface area contributed by atoms with E-state index in [1.54, 1.807) is 6.26 Å². The molecule has 134 valence electrons. The Hall–Kier alpha value is -3.15. The summed E-state index contributed by atoms with van der Waals surface area (Å²) >= 11 is 0. The molecular formula is C26H20OP+. The zero-order valence-corrected chi connectivity index (χ0v) is 16.3. The predicted molar refractivity (Wildman–Crippen MR) is 121 cm³/mol. The van der Waals surface area contributed by atoms with Gasteiger partial charge in [0.1, 0.15) is 34.1 Å². The molecule has 28 heavy (non-hydrogen) atoms. The number of hydrogen-bond acceptors (Lipinski definition) is 1. The molecule has 0 fully saturated rings. The largest absolute Gasteiger partial charge is 0.464 e. The summed E-state index contributed by atoms with van der Waals surface area (Å²) in [5.74, 6) is 0. The number of fused-ring (bicyclic) bond motifs is 1. The van der Waals surface area contributed by atoms with Crippen molar-refractivity contribution in [1.82, 2.24) is 0 Å². The summed E-state index contributed by atoms with van der Waals surface area (Å²) in [4.78, 5) is 0. The van der Waals surface area contributed by atoms with Gasteiger partial charge in [-0.05, 0) is 54.6 Å². The smallest absolute Gasteiger partial charge is 0.145 e. The third-order valence-corrected chi connectivity index (χ3v) is 9.60. The van der Waals surface area contributed by atoms with Crippen LogP contribution in [0.3, 0.4) is 0 Å². The summed E-state index contributed by atoms with van der Waals surface area (Å²) in [5.41, 5.74) is 0.935. The molecule has 0 aliphatic carbocycles. The zero-order valence-electron chi connectivity index (χ0n) is 15.4. The maximum absolute atomic E-state index is 5.78. The lowest BCUT2D eigenvalue weighted by molar-refractivity contribution is 0.616. The standard InChI is InChI=1S/C26H20OP/c1-4-11-21(12-5-1)28(22-13-6-2-7-14-22,23-15-8-3-9-16-23)26-18-10-17-25-24(26)19-20-27-25/h1-20H/q+1. The van der Waals surface area contributed by atoms with Crippen LogP contribution in [-0.4, -0.2) is 0 Å². The van der Waals surface area contributed by atoms with Crippen molar-refractivity contribution < 1.29 is 4.42 Å². The number of benzene rings is 4. The van der Waals surface area contributed by atoms with Crippen LogP contribution in [0.15, 0.2) is 126 Å². The van der Waals surface area contributed by atoms with Gasteiger partial charge < -0.3 is 4.42 Å². The normalized spacial score (nSPS) is 11.6. The van der Waals surface area contributed by atoms with Gasteiger partial charge in [-0.1, -0.05) is 60.7 Å². The third kappa shape index (κ3) is 2.59. The van der Waals surface area contributed by atoms with Crippen molar-refractivity contribution in [3.63, 3.8) is 0 Å². The summed E-state index contributed by atoms with van der Waals surface area (Å²) in [6.45, 7) is 0. The number of furan rings is 1. The van der Waals surface area contributed by atoms with Gasteiger partial charge in [0.25, 0.3) is 0 Å². The molecule has 0 saturated carbocycles. The minimum atomic E-state index is -2.08. The van der Waals surface area contributed by atoms with Gasteiger partial charge in [-0.15, -0.1) is 0 Å². The molecule has 0 N–H and O–H groups in total. The first-order valence-corrected chi connectivity index (χ1v) is 11.2. The molecular weight excluding hydrogens is 359 g/mol. The van der Waals surface area contributed by atoms with Crippen molar-refractivity contribution in [3.05, 3.63) is 122 Å². The van der Waals surface area contributed by atoms with Crippen LogP contribution in [0.25, 0.3) is 11.0 Å². The van der Waals surface area contributed by atoms with Crippen molar-refractivity contribution in [2.75, 3.05) is 0 Å². The molecule has 1 aromatic heterocycles. The highest BCUT2D eigenvalue weighted by Gasteiger charge is 2.48. The molecule has 2 heteroatoms. The van der Waals surface area contributed by atoms with Gasteiger partial charge in [-0.3, -0.25) is 0 Å². The quantitative estimate of drug-likeness (QED) is 0.398. The van der Waals surface area contributed by atoms with Crippen LogP contribution in [0.2, 0.25) is 0 Å². The van der Waals surface area contributed by atoms with Gasteiger partial charge in [-0.25, -0.2) is 0 Å². The second kappa shape index (κ2) is 7.11. The summed E-state index contributed by atoms with van der Waals surface area (Å²) in [5, 5.41) is 6.57. The molecule has 0 aliphatic rings. The fourth-order valence-corrected chi connectivity index (χ4v) is 8.53. The topological polar surface area (TPSA) is 13.1 Å².